The predicted octanol–water partition coefficient (Wildman–Crippen LogP) is 4.92. The van der Waals surface area contributed by atoms with Gasteiger partial charge in [0, 0.05) is 18.8 Å². The maximum atomic E-state index is 12.8. The first-order valence-electron chi connectivity index (χ1n) is 9.84. The van der Waals surface area contributed by atoms with Crippen molar-refractivity contribution in [2.45, 2.75) is 34.1 Å². The van der Waals surface area contributed by atoms with E-state index in [0.29, 0.717) is 28.2 Å². The van der Waals surface area contributed by atoms with Crippen molar-refractivity contribution in [1.82, 2.24) is 4.98 Å². The summed E-state index contributed by atoms with van der Waals surface area (Å²) in [6.07, 6.45) is 0.532. The highest BCUT2D eigenvalue weighted by atomic mass is 32.2. The lowest BCUT2D eigenvalue weighted by Gasteiger charge is -2.16. The summed E-state index contributed by atoms with van der Waals surface area (Å²) >= 11 is 2.94. The van der Waals surface area contributed by atoms with Crippen molar-refractivity contribution in [3.05, 3.63) is 34.7 Å². The minimum atomic E-state index is -3.40. The molecule has 0 aliphatic carbocycles. The SMILES string of the molecule is CCCS(=O)(=O)Nc1cccc(NC(=O)c2cc3sc(N(CC)CC)nc3s2)c1C. The van der Waals surface area contributed by atoms with Crippen LogP contribution in [0.5, 0.6) is 0 Å². The molecule has 2 aromatic heterocycles. The number of carbonyl (C=O) groups excluding carboxylic acids is 1. The Morgan fingerprint density at radius 1 is 1.13 bits per heavy atom. The summed E-state index contributed by atoms with van der Waals surface area (Å²) in [6, 6.07) is 7.04. The average Bonchev–Trinajstić information content (AvgIpc) is 3.25. The van der Waals surface area contributed by atoms with Gasteiger partial charge in [-0.1, -0.05) is 24.3 Å². The van der Waals surface area contributed by atoms with Crippen molar-refractivity contribution in [3.8, 4) is 0 Å². The van der Waals surface area contributed by atoms with Crippen LogP contribution in [0.15, 0.2) is 24.3 Å². The molecule has 3 aromatic rings. The van der Waals surface area contributed by atoms with E-state index in [9.17, 15) is 13.2 Å². The van der Waals surface area contributed by atoms with Gasteiger partial charge in [0.25, 0.3) is 5.91 Å². The number of nitrogens with zero attached hydrogens (tertiary/aromatic N) is 2. The van der Waals surface area contributed by atoms with Gasteiger partial charge >= 0.3 is 0 Å². The van der Waals surface area contributed by atoms with Crippen LogP contribution in [0.2, 0.25) is 0 Å². The average molecular weight is 467 g/mol. The van der Waals surface area contributed by atoms with E-state index >= 15 is 0 Å². The fraction of sp³-hybridized carbons (Fsp3) is 0.400. The fourth-order valence-corrected chi connectivity index (χ4v) is 6.45. The van der Waals surface area contributed by atoms with Gasteiger partial charge in [-0.2, -0.15) is 0 Å². The number of anilines is 3. The third-order valence-corrected chi connectivity index (χ3v) is 8.35. The molecule has 1 aromatic carbocycles. The molecule has 30 heavy (non-hydrogen) atoms. The lowest BCUT2D eigenvalue weighted by atomic mass is 10.1. The fourth-order valence-electron chi connectivity index (χ4n) is 3.02. The Bertz CT molecular complexity index is 1120. The number of thiophene rings is 1. The zero-order chi connectivity index (χ0) is 21.9. The van der Waals surface area contributed by atoms with Crippen LogP contribution in [0, 0.1) is 6.92 Å². The van der Waals surface area contributed by atoms with Gasteiger partial charge in [0.05, 0.1) is 21.0 Å². The maximum Gasteiger partial charge on any atom is 0.265 e. The molecule has 2 heterocycles. The van der Waals surface area contributed by atoms with Gasteiger partial charge in [0.2, 0.25) is 10.0 Å². The Kier molecular flexibility index (Phi) is 6.99. The number of aromatic nitrogens is 1. The highest BCUT2D eigenvalue weighted by molar-refractivity contribution is 7.92. The molecule has 0 atom stereocenters. The van der Waals surface area contributed by atoms with E-state index in [-0.39, 0.29) is 11.7 Å². The van der Waals surface area contributed by atoms with Crippen LogP contribution in [0.4, 0.5) is 16.5 Å². The molecule has 0 radical (unpaired) electrons. The number of amides is 1. The summed E-state index contributed by atoms with van der Waals surface area (Å²) in [7, 11) is -3.40. The van der Waals surface area contributed by atoms with Crippen molar-refractivity contribution in [2.24, 2.45) is 0 Å². The van der Waals surface area contributed by atoms with E-state index in [1.807, 2.05) is 13.0 Å². The second kappa shape index (κ2) is 9.32. The Labute approximate surface area is 185 Å². The maximum absolute atomic E-state index is 12.8. The third kappa shape index (κ3) is 4.93. The molecule has 0 aliphatic rings. The van der Waals surface area contributed by atoms with Crippen LogP contribution in [0.1, 0.15) is 42.4 Å². The van der Waals surface area contributed by atoms with Gasteiger partial charge in [0.15, 0.2) is 5.13 Å². The van der Waals surface area contributed by atoms with E-state index in [2.05, 4.69) is 33.8 Å². The summed E-state index contributed by atoms with van der Waals surface area (Å²) in [6.45, 7) is 9.57. The van der Waals surface area contributed by atoms with E-state index in [0.717, 1.165) is 27.8 Å². The summed E-state index contributed by atoms with van der Waals surface area (Å²) < 4.78 is 27.8. The first-order chi connectivity index (χ1) is 14.3. The zero-order valence-electron chi connectivity index (χ0n) is 17.5. The molecule has 0 saturated heterocycles. The molecule has 0 saturated carbocycles. The highest BCUT2D eigenvalue weighted by Crippen LogP contribution is 2.35. The van der Waals surface area contributed by atoms with E-state index < -0.39 is 10.0 Å². The van der Waals surface area contributed by atoms with Crippen molar-refractivity contribution >= 4 is 64.6 Å². The molecule has 162 valence electrons. The van der Waals surface area contributed by atoms with E-state index in [1.54, 1.807) is 36.5 Å². The zero-order valence-corrected chi connectivity index (χ0v) is 19.9. The number of hydrogen-bond acceptors (Lipinski definition) is 7. The molecule has 0 aliphatic heterocycles. The molecule has 3 rings (SSSR count). The minimum absolute atomic E-state index is 0.0530. The number of nitrogens with one attached hydrogen (secondary N) is 2. The summed E-state index contributed by atoms with van der Waals surface area (Å²) in [4.78, 5) is 21.1. The normalized spacial score (nSPS) is 11.6. The van der Waals surface area contributed by atoms with E-state index in [4.69, 9.17) is 0 Å². The quantitative estimate of drug-likeness (QED) is 0.467. The Hall–Kier alpha value is -2.17. The van der Waals surface area contributed by atoms with Crippen molar-refractivity contribution in [1.29, 1.82) is 0 Å². The van der Waals surface area contributed by atoms with Crippen molar-refractivity contribution < 1.29 is 13.2 Å². The third-order valence-electron chi connectivity index (χ3n) is 4.66. The molecule has 10 heteroatoms. The first kappa shape index (κ1) is 22.5. The van der Waals surface area contributed by atoms with Crippen LogP contribution < -0.4 is 14.9 Å². The molecular formula is C20H26N4O3S3. The second-order valence-electron chi connectivity index (χ2n) is 6.80. The van der Waals surface area contributed by atoms with Crippen molar-refractivity contribution in [2.75, 3.05) is 33.8 Å². The number of carbonyl (C=O) groups is 1. The van der Waals surface area contributed by atoms with Crippen LogP contribution >= 0.6 is 22.7 Å². The molecule has 1 amide bonds. The van der Waals surface area contributed by atoms with Gasteiger partial charge in [0.1, 0.15) is 4.83 Å². The lowest BCUT2D eigenvalue weighted by Crippen LogP contribution is -2.21. The van der Waals surface area contributed by atoms with Gasteiger partial charge in [-0.15, -0.1) is 11.3 Å². The van der Waals surface area contributed by atoms with Crippen LogP contribution in [-0.2, 0) is 10.0 Å². The standard InChI is InChI=1S/C20H26N4O3S3/c1-5-11-30(26,27)23-15-10-8-9-14(13(15)4)21-18(25)16-12-17-19(28-16)22-20(29-17)24(6-2)7-3/h8-10,12,23H,5-7,11H2,1-4H3,(H,21,25). The van der Waals surface area contributed by atoms with Crippen LogP contribution in [0.3, 0.4) is 0 Å². The second-order valence-corrected chi connectivity index (χ2v) is 10.7. The number of thiazole rings is 1. The number of hydrogen-bond donors (Lipinski definition) is 2. The molecule has 7 nitrogen and oxygen atoms in total. The number of fused-ring (bicyclic) bond motifs is 1. The molecule has 0 fully saturated rings. The number of sulfonamides is 1. The summed E-state index contributed by atoms with van der Waals surface area (Å²) in [5.41, 5.74) is 1.72. The number of benzene rings is 1. The number of rotatable bonds is 9. The lowest BCUT2D eigenvalue weighted by molar-refractivity contribution is 0.103. The topological polar surface area (TPSA) is 91.4 Å². The first-order valence-corrected chi connectivity index (χ1v) is 13.1. The summed E-state index contributed by atoms with van der Waals surface area (Å²) in [5, 5.41) is 3.87. The van der Waals surface area contributed by atoms with Crippen LogP contribution in [-0.4, -0.2) is 38.2 Å². The Morgan fingerprint density at radius 3 is 2.47 bits per heavy atom. The molecular weight excluding hydrogens is 440 g/mol. The molecule has 0 spiro atoms. The molecule has 0 unspecified atom stereocenters. The monoisotopic (exact) mass is 466 g/mol. The van der Waals surface area contributed by atoms with Crippen LogP contribution in [0.25, 0.3) is 9.53 Å². The highest BCUT2D eigenvalue weighted by Gasteiger charge is 2.18. The van der Waals surface area contributed by atoms with E-state index in [1.165, 1.54) is 11.3 Å². The summed E-state index contributed by atoms with van der Waals surface area (Å²) in [5.74, 6) is -0.177. The van der Waals surface area contributed by atoms with Gasteiger partial charge in [-0.3, -0.25) is 9.52 Å². The smallest absolute Gasteiger partial charge is 0.265 e. The predicted molar refractivity (Wildman–Crippen MR) is 128 cm³/mol. The Balaban J connectivity index is 1.79. The van der Waals surface area contributed by atoms with Gasteiger partial charge in [-0.05, 0) is 51.0 Å². The van der Waals surface area contributed by atoms with Gasteiger partial charge < -0.3 is 10.2 Å². The largest absolute Gasteiger partial charge is 0.349 e. The Morgan fingerprint density at radius 2 is 1.83 bits per heavy atom. The minimum Gasteiger partial charge on any atom is -0.349 e. The van der Waals surface area contributed by atoms with Gasteiger partial charge in [-0.25, -0.2) is 13.4 Å². The van der Waals surface area contributed by atoms with Crippen molar-refractivity contribution in [3.63, 3.8) is 0 Å². The molecule has 0 bridgehead atoms. The molecule has 2 N–H and O–H groups in total.